The number of carboxylic acid groups (broad SMARTS) is 1. The summed E-state index contributed by atoms with van der Waals surface area (Å²) in [5.41, 5.74) is 0. The maximum Gasteiger partial charge on any atom is 0.361 e. The number of unbranched alkanes of at least 4 members (excludes halogenated alkanes) is 16. The Morgan fingerprint density at radius 1 is 0.353 bits per heavy atom. The normalized spacial score (nSPS) is 13.8. The second-order valence-electron chi connectivity index (χ2n) is 22.7. The number of carboxylic acids is 1. The van der Waals surface area contributed by atoms with E-state index in [4.69, 9.17) is 18.9 Å². The van der Waals surface area contributed by atoms with Crippen molar-refractivity contribution >= 4 is 17.9 Å². The van der Waals surface area contributed by atoms with E-state index in [9.17, 15) is 19.5 Å². The first-order chi connectivity index (χ1) is 41.6. The second kappa shape index (κ2) is 64.6. The van der Waals surface area contributed by atoms with Gasteiger partial charge in [0.05, 0.1) is 34.4 Å². The molecule has 0 spiro atoms. The lowest BCUT2D eigenvalue weighted by molar-refractivity contribution is -0.870. The molecule has 0 heterocycles. The molecule has 478 valence electrons. The third-order valence-corrected chi connectivity index (χ3v) is 13.5. The number of rotatable bonds is 59. The lowest BCUT2D eigenvalue weighted by Gasteiger charge is -2.25. The van der Waals surface area contributed by atoms with E-state index in [1.54, 1.807) is 0 Å². The molecule has 2 unspecified atom stereocenters. The highest BCUT2D eigenvalue weighted by atomic mass is 16.7. The molecule has 0 saturated carbocycles. The van der Waals surface area contributed by atoms with Gasteiger partial charge < -0.3 is 28.5 Å². The molecule has 0 fully saturated rings. The first-order valence-corrected chi connectivity index (χ1v) is 33.3. The van der Waals surface area contributed by atoms with Crippen LogP contribution in [0.3, 0.4) is 0 Å². The van der Waals surface area contributed by atoms with E-state index in [0.29, 0.717) is 23.9 Å². The molecule has 0 aromatic rings. The third-order valence-electron chi connectivity index (χ3n) is 13.5. The molecule has 0 rings (SSSR count). The zero-order chi connectivity index (χ0) is 61.9. The summed E-state index contributed by atoms with van der Waals surface area (Å²) < 4.78 is 22.9. The Morgan fingerprint density at radius 3 is 0.976 bits per heavy atom. The Hall–Kier alpha value is -5.35. The number of quaternary nitrogens is 1. The van der Waals surface area contributed by atoms with Crippen LogP contribution >= 0.6 is 0 Å². The van der Waals surface area contributed by atoms with Crippen molar-refractivity contribution in [3.05, 3.63) is 170 Å². The molecule has 0 aliphatic rings. The fraction of sp³-hybridized carbons (Fsp3) is 0.592. The monoisotopic (exact) mass is 1180 g/mol. The molecule has 85 heavy (non-hydrogen) atoms. The van der Waals surface area contributed by atoms with Crippen LogP contribution in [-0.4, -0.2) is 87.4 Å². The maximum absolute atomic E-state index is 12.9. The summed E-state index contributed by atoms with van der Waals surface area (Å²) in [5, 5.41) is 9.73. The number of allylic oxidation sites excluding steroid dienone is 28. The molecule has 2 atom stereocenters. The largest absolute Gasteiger partial charge is 0.477 e. The van der Waals surface area contributed by atoms with Crippen molar-refractivity contribution in [2.24, 2.45) is 0 Å². The lowest BCUT2D eigenvalue weighted by Crippen LogP contribution is -2.40. The van der Waals surface area contributed by atoms with Crippen LogP contribution in [0.5, 0.6) is 0 Å². The Bertz CT molecular complexity index is 2000. The highest BCUT2D eigenvalue weighted by Crippen LogP contribution is 2.15. The average Bonchev–Trinajstić information content (AvgIpc) is 3.48. The molecular weight excluding hydrogens is 1050 g/mol. The number of esters is 2. The molecular formula is C76H122NO8+. The summed E-state index contributed by atoms with van der Waals surface area (Å²) in [4.78, 5) is 37.6. The van der Waals surface area contributed by atoms with Crippen LogP contribution in [-0.2, 0) is 33.3 Å². The van der Waals surface area contributed by atoms with Gasteiger partial charge in [-0.15, -0.1) is 0 Å². The Kier molecular flexibility index (Phi) is 60.6. The number of aliphatic carboxylic acids is 1. The molecule has 9 nitrogen and oxygen atoms in total. The first-order valence-electron chi connectivity index (χ1n) is 33.3. The number of hydrogen-bond donors (Lipinski definition) is 1. The SMILES string of the molecule is CC/C=C\C/C=C\C/C=C\C/C=C\C/C=C\C/C=C\C/C=C\C/C=C\C/C=C\CCCC(=O)OC(COC(=O)CCCCCCCCCCCCCCCCC/C=C\C/C=C\C/C=C\C/C=C\C/C=C\CC)COC(OCC[N+](C)(C)C)C(=O)O. The van der Waals surface area contributed by atoms with Crippen molar-refractivity contribution in [2.75, 3.05) is 47.5 Å². The third kappa shape index (κ3) is 66.0. The topological polar surface area (TPSA) is 108 Å². The van der Waals surface area contributed by atoms with Crippen LogP contribution in [0.25, 0.3) is 0 Å². The van der Waals surface area contributed by atoms with Crippen LogP contribution in [0.4, 0.5) is 0 Å². The molecule has 0 aliphatic carbocycles. The standard InChI is InChI=1S/C76H121NO8/c1-6-8-10-12-14-16-18-20-22-24-26-28-30-32-34-36-37-39-40-42-44-46-48-50-52-54-56-58-60-62-64-66-73(78)83-70-72(71-84-76(75(80)81)82-69-68-77(3,4)5)85-74(79)67-65-63-61-59-57-55-53-51-49-47-45-43-41-38-35-33-31-29-27-25-23-21-19-17-15-13-11-9-7-2/h8-11,14-17,20-23,26-29,32-35,41,43,47,49,53,55,59,61,72,76H,6-7,12-13,18-19,24-25,30-31,36-40,42,44-46,48,50-52,54,56-58,60,62-71H2,1-5H3/p+1/b10-8-,11-9-,16-14-,17-15-,22-20-,23-21-,28-26-,29-27-,34-32-,35-33-,43-41-,49-47-,55-53-,61-59-. The second-order valence-corrected chi connectivity index (χ2v) is 22.7. The van der Waals surface area contributed by atoms with Gasteiger partial charge in [0, 0.05) is 12.8 Å². The van der Waals surface area contributed by atoms with Gasteiger partial charge in [-0.3, -0.25) is 9.59 Å². The fourth-order valence-corrected chi connectivity index (χ4v) is 8.45. The number of carbonyl (C=O) groups excluding carboxylic acids is 2. The highest BCUT2D eigenvalue weighted by molar-refractivity contribution is 5.71. The van der Waals surface area contributed by atoms with E-state index in [-0.39, 0.29) is 38.6 Å². The summed E-state index contributed by atoms with van der Waals surface area (Å²) in [6.07, 6.45) is 94.6. The first kappa shape index (κ1) is 79.7. The molecule has 0 bridgehead atoms. The van der Waals surface area contributed by atoms with Crippen molar-refractivity contribution in [1.82, 2.24) is 0 Å². The molecule has 1 N–H and O–H groups in total. The minimum atomic E-state index is -1.54. The smallest absolute Gasteiger partial charge is 0.361 e. The van der Waals surface area contributed by atoms with E-state index < -0.39 is 24.3 Å². The van der Waals surface area contributed by atoms with Gasteiger partial charge in [0.15, 0.2) is 6.10 Å². The van der Waals surface area contributed by atoms with E-state index in [1.807, 2.05) is 21.1 Å². The van der Waals surface area contributed by atoms with E-state index in [0.717, 1.165) is 109 Å². The van der Waals surface area contributed by atoms with Crippen molar-refractivity contribution in [1.29, 1.82) is 0 Å². The van der Waals surface area contributed by atoms with Crippen LogP contribution in [0, 0.1) is 0 Å². The van der Waals surface area contributed by atoms with Gasteiger partial charge in [-0.1, -0.05) is 267 Å². The molecule has 0 radical (unpaired) electrons. The summed E-state index contributed by atoms with van der Waals surface area (Å²) >= 11 is 0. The van der Waals surface area contributed by atoms with Gasteiger partial charge >= 0.3 is 17.9 Å². The average molecular weight is 1180 g/mol. The van der Waals surface area contributed by atoms with Gasteiger partial charge in [-0.25, -0.2) is 4.79 Å². The predicted molar refractivity (Wildman–Crippen MR) is 363 cm³/mol. The van der Waals surface area contributed by atoms with Crippen molar-refractivity contribution in [2.45, 2.75) is 245 Å². The summed E-state index contributed by atoms with van der Waals surface area (Å²) in [7, 11) is 5.94. The Morgan fingerprint density at radius 2 is 0.647 bits per heavy atom. The summed E-state index contributed by atoms with van der Waals surface area (Å²) in [5.74, 6) is -2.10. The van der Waals surface area contributed by atoms with Gasteiger partial charge in [0.25, 0.3) is 6.29 Å². The number of carbonyl (C=O) groups is 3. The van der Waals surface area contributed by atoms with Gasteiger partial charge in [-0.05, 0) is 122 Å². The van der Waals surface area contributed by atoms with Crippen molar-refractivity contribution in [3.8, 4) is 0 Å². The Balaban J connectivity index is 4.29. The fourth-order valence-electron chi connectivity index (χ4n) is 8.45. The van der Waals surface area contributed by atoms with Gasteiger partial charge in [-0.2, -0.15) is 0 Å². The quantitative estimate of drug-likeness (QED) is 0.0211. The van der Waals surface area contributed by atoms with Crippen LogP contribution < -0.4 is 0 Å². The van der Waals surface area contributed by atoms with Crippen molar-refractivity contribution < 1.29 is 42.9 Å². The molecule has 0 aromatic heterocycles. The molecule has 0 aliphatic heterocycles. The number of hydrogen-bond acceptors (Lipinski definition) is 7. The maximum atomic E-state index is 12.9. The van der Waals surface area contributed by atoms with Crippen LogP contribution in [0.1, 0.15) is 232 Å². The van der Waals surface area contributed by atoms with Gasteiger partial charge in [0.1, 0.15) is 13.2 Å². The molecule has 0 amide bonds. The number of ether oxygens (including phenoxy) is 4. The minimum Gasteiger partial charge on any atom is -0.477 e. The number of likely N-dealkylation sites (N-methyl/N-ethyl adjacent to an activating group) is 1. The van der Waals surface area contributed by atoms with E-state index in [1.165, 1.54) is 83.5 Å². The summed E-state index contributed by atoms with van der Waals surface area (Å²) in [6.45, 7) is 4.57. The lowest BCUT2D eigenvalue weighted by atomic mass is 10.0. The van der Waals surface area contributed by atoms with E-state index in [2.05, 4.69) is 184 Å². The molecule has 9 heteroatoms. The molecule has 0 aromatic carbocycles. The predicted octanol–water partition coefficient (Wildman–Crippen LogP) is 20.7. The molecule has 0 saturated heterocycles. The highest BCUT2D eigenvalue weighted by Gasteiger charge is 2.25. The van der Waals surface area contributed by atoms with Crippen LogP contribution in [0.15, 0.2) is 170 Å². The van der Waals surface area contributed by atoms with Crippen LogP contribution in [0.2, 0.25) is 0 Å². The summed E-state index contributed by atoms with van der Waals surface area (Å²) in [6, 6.07) is 0. The zero-order valence-corrected chi connectivity index (χ0v) is 54.4. The van der Waals surface area contributed by atoms with E-state index >= 15 is 0 Å². The van der Waals surface area contributed by atoms with Crippen molar-refractivity contribution in [3.63, 3.8) is 0 Å². The number of nitrogens with zero attached hydrogens (tertiary/aromatic N) is 1. The Labute approximate surface area is 520 Å². The van der Waals surface area contributed by atoms with Gasteiger partial charge in [0.2, 0.25) is 0 Å². The zero-order valence-electron chi connectivity index (χ0n) is 54.4. The minimum absolute atomic E-state index is 0.168.